The molecule has 6 heteroatoms. The summed E-state index contributed by atoms with van der Waals surface area (Å²) in [6.45, 7) is 6.67. The maximum Gasteiger partial charge on any atom is 0.328 e. The van der Waals surface area contributed by atoms with E-state index in [4.69, 9.17) is 0 Å². The van der Waals surface area contributed by atoms with Crippen molar-refractivity contribution in [1.29, 1.82) is 0 Å². The minimum Gasteiger partial charge on any atom is -0.304 e. The number of aromatic nitrogens is 4. The summed E-state index contributed by atoms with van der Waals surface area (Å²) < 4.78 is 2.87. The summed E-state index contributed by atoms with van der Waals surface area (Å²) in [7, 11) is 0. The maximum atomic E-state index is 12.2. The van der Waals surface area contributed by atoms with Gasteiger partial charge in [0, 0.05) is 13.1 Å². The van der Waals surface area contributed by atoms with Gasteiger partial charge in [-0.2, -0.15) is 5.10 Å². The zero-order valence-electron chi connectivity index (χ0n) is 10.3. The van der Waals surface area contributed by atoms with Crippen molar-refractivity contribution >= 4 is 11.0 Å². The lowest BCUT2D eigenvalue weighted by Gasteiger charge is -2.03. The number of nitrogens with zero attached hydrogens (tertiary/aromatic N) is 3. The van der Waals surface area contributed by atoms with E-state index in [1.165, 1.54) is 4.57 Å². The topological polar surface area (TPSA) is 72.7 Å². The minimum atomic E-state index is -0.358. The van der Waals surface area contributed by atoms with Gasteiger partial charge in [-0.05, 0) is 20.3 Å². The molecule has 0 saturated carbocycles. The fraction of sp³-hybridized carbons (Fsp3) is 0.545. The van der Waals surface area contributed by atoms with Gasteiger partial charge in [-0.1, -0.05) is 6.92 Å². The Kier molecular flexibility index (Phi) is 2.87. The Morgan fingerprint density at radius 3 is 2.59 bits per heavy atom. The second-order valence-electron chi connectivity index (χ2n) is 4.01. The molecule has 0 saturated heterocycles. The first-order valence-corrected chi connectivity index (χ1v) is 5.80. The van der Waals surface area contributed by atoms with E-state index in [-0.39, 0.29) is 11.2 Å². The van der Waals surface area contributed by atoms with E-state index in [0.717, 1.165) is 6.42 Å². The first-order valence-electron chi connectivity index (χ1n) is 5.80. The molecule has 92 valence electrons. The number of hydrogen-bond donors (Lipinski definition) is 1. The lowest BCUT2D eigenvalue weighted by Crippen LogP contribution is -2.35. The van der Waals surface area contributed by atoms with Gasteiger partial charge in [0.1, 0.15) is 0 Å². The van der Waals surface area contributed by atoms with Crippen LogP contribution in [0, 0.1) is 6.92 Å². The van der Waals surface area contributed by atoms with Crippen molar-refractivity contribution in [2.24, 2.45) is 0 Å². The van der Waals surface area contributed by atoms with Crippen LogP contribution in [0.5, 0.6) is 0 Å². The molecule has 0 aromatic carbocycles. The molecule has 2 heterocycles. The summed E-state index contributed by atoms with van der Waals surface area (Å²) in [5.74, 6) is 0. The monoisotopic (exact) mass is 236 g/mol. The van der Waals surface area contributed by atoms with Crippen molar-refractivity contribution < 1.29 is 0 Å². The summed E-state index contributed by atoms with van der Waals surface area (Å²) in [5.41, 5.74) is 1.10. The van der Waals surface area contributed by atoms with Crippen LogP contribution in [-0.4, -0.2) is 19.3 Å². The van der Waals surface area contributed by atoms with Crippen LogP contribution in [0.1, 0.15) is 26.0 Å². The van der Waals surface area contributed by atoms with Gasteiger partial charge in [0.15, 0.2) is 5.52 Å². The molecule has 0 aliphatic heterocycles. The molecule has 0 unspecified atom stereocenters. The predicted octanol–water partition coefficient (Wildman–Crippen LogP) is 0.625. The third kappa shape index (κ3) is 1.69. The number of fused-ring (bicyclic) bond motifs is 1. The average molecular weight is 236 g/mol. The Bertz CT molecular complexity index is 662. The Morgan fingerprint density at radius 1 is 1.29 bits per heavy atom. The molecule has 2 aromatic rings. The van der Waals surface area contributed by atoms with Crippen LogP contribution in [0.4, 0.5) is 0 Å². The van der Waals surface area contributed by atoms with Crippen LogP contribution in [0.25, 0.3) is 11.0 Å². The molecule has 2 aromatic heterocycles. The van der Waals surface area contributed by atoms with Gasteiger partial charge in [0.05, 0.1) is 11.2 Å². The van der Waals surface area contributed by atoms with Crippen LogP contribution < -0.4 is 11.2 Å². The van der Waals surface area contributed by atoms with Crippen LogP contribution in [0.15, 0.2) is 9.59 Å². The zero-order valence-corrected chi connectivity index (χ0v) is 10.3. The van der Waals surface area contributed by atoms with Crippen molar-refractivity contribution in [2.75, 3.05) is 0 Å². The largest absolute Gasteiger partial charge is 0.328 e. The molecule has 0 atom stereocenters. The standard InChI is InChI=1S/C11H16N4O2/c1-4-6-14-10(16)9-8(12-11(14)17)7(3)13-15(9)5-2/h4-6H2,1-3H3,(H,12,17). The third-order valence-electron chi connectivity index (χ3n) is 2.80. The number of nitrogens with one attached hydrogen (secondary N) is 1. The van der Waals surface area contributed by atoms with Crippen LogP contribution in [0.2, 0.25) is 0 Å². The quantitative estimate of drug-likeness (QED) is 0.849. The van der Waals surface area contributed by atoms with Crippen molar-refractivity contribution in [2.45, 2.75) is 40.3 Å². The fourth-order valence-corrected chi connectivity index (χ4v) is 2.00. The first kappa shape index (κ1) is 11.6. The van der Waals surface area contributed by atoms with Gasteiger partial charge in [0.25, 0.3) is 5.56 Å². The molecule has 0 radical (unpaired) electrons. The normalized spacial score (nSPS) is 11.2. The molecule has 0 aliphatic rings. The Balaban J connectivity index is 2.90. The predicted molar refractivity (Wildman–Crippen MR) is 65.3 cm³/mol. The zero-order chi connectivity index (χ0) is 12.6. The number of hydrogen-bond acceptors (Lipinski definition) is 3. The molecule has 0 aliphatic carbocycles. The SMILES string of the molecule is CCCn1c(=O)[nH]c2c(C)nn(CC)c2c1=O. The van der Waals surface area contributed by atoms with Gasteiger partial charge in [-0.25, -0.2) is 4.79 Å². The van der Waals surface area contributed by atoms with Crippen molar-refractivity contribution in [3.05, 3.63) is 26.5 Å². The fourth-order valence-electron chi connectivity index (χ4n) is 2.00. The van der Waals surface area contributed by atoms with E-state index in [1.807, 2.05) is 13.8 Å². The van der Waals surface area contributed by atoms with E-state index in [1.54, 1.807) is 11.6 Å². The molecule has 1 N–H and O–H groups in total. The summed E-state index contributed by atoms with van der Waals surface area (Å²) >= 11 is 0. The van der Waals surface area contributed by atoms with E-state index < -0.39 is 0 Å². The summed E-state index contributed by atoms with van der Waals surface area (Å²) in [4.78, 5) is 26.7. The van der Waals surface area contributed by atoms with Gasteiger partial charge in [0.2, 0.25) is 0 Å². The maximum absolute atomic E-state index is 12.2. The highest BCUT2D eigenvalue weighted by atomic mass is 16.2. The second kappa shape index (κ2) is 4.20. The lowest BCUT2D eigenvalue weighted by atomic mass is 10.3. The number of aryl methyl sites for hydroxylation is 2. The van der Waals surface area contributed by atoms with Crippen LogP contribution >= 0.6 is 0 Å². The highest BCUT2D eigenvalue weighted by Gasteiger charge is 2.14. The molecule has 6 nitrogen and oxygen atoms in total. The van der Waals surface area contributed by atoms with Crippen molar-refractivity contribution in [1.82, 2.24) is 19.3 Å². The number of aromatic amines is 1. The highest BCUT2D eigenvalue weighted by Crippen LogP contribution is 2.09. The number of rotatable bonds is 3. The molecular weight excluding hydrogens is 220 g/mol. The second-order valence-corrected chi connectivity index (χ2v) is 4.01. The molecule has 0 fully saturated rings. The molecule has 17 heavy (non-hydrogen) atoms. The summed E-state index contributed by atoms with van der Waals surface area (Å²) in [6.07, 6.45) is 0.744. The van der Waals surface area contributed by atoms with Gasteiger partial charge >= 0.3 is 5.69 Å². The number of H-pyrrole nitrogens is 1. The minimum absolute atomic E-state index is 0.256. The van der Waals surface area contributed by atoms with Crippen molar-refractivity contribution in [3.8, 4) is 0 Å². The van der Waals surface area contributed by atoms with Crippen LogP contribution in [0.3, 0.4) is 0 Å². The highest BCUT2D eigenvalue weighted by molar-refractivity contribution is 5.76. The van der Waals surface area contributed by atoms with Crippen LogP contribution in [-0.2, 0) is 13.1 Å². The molecule has 2 rings (SSSR count). The third-order valence-corrected chi connectivity index (χ3v) is 2.80. The summed E-state index contributed by atoms with van der Waals surface area (Å²) in [5, 5.41) is 4.24. The van der Waals surface area contributed by atoms with Gasteiger partial charge < -0.3 is 4.98 Å². The lowest BCUT2D eigenvalue weighted by molar-refractivity contribution is 0.612. The smallest absolute Gasteiger partial charge is 0.304 e. The Hall–Kier alpha value is -1.85. The molecule has 0 bridgehead atoms. The van der Waals surface area contributed by atoms with E-state index in [2.05, 4.69) is 10.1 Å². The van der Waals surface area contributed by atoms with Crippen molar-refractivity contribution in [3.63, 3.8) is 0 Å². The van der Waals surface area contributed by atoms with E-state index in [9.17, 15) is 9.59 Å². The van der Waals surface area contributed by atoms with E-state index in [0.29, 0.717) is 29.8 Å². The molecule has 0 amide bonds. The summed E-state index contributed by atoms with van der Waals surface area (Å²) in [6, 6.07) is 0. The van der Waals surface area contributed by atoms with Gasteiger partial charge in [-0.3, -0.25) is 14.0 Å². The first-order chi connectivity index (χ1) is 8.10. The Labute approximate surface area is 97.9 Å². The van der Waals surface area contributed by atoms with Gasteiger partial charge in [-0.15, -0.1) is 0 Å². The Morgan fingerprint density at radius 2 is 2.00 bits per heavy atom. The molecular formula is C11H16N4O2. The molecule has 0 spiro atoms. The van der Waals surface area contributed by atoms with E-state index >= 15 is 0 Å². The average Bonchev–Trinajstić information content (AvgIpc) is 2.61.